The van der Waals surface area contributed by atoms with Gasteiger partial charge in [-0.05, 0) is 44.5 Å². The number of pyridine rings is 1. The van der Waals surface area contributed by atoms with Crippen LogP contribution in [0.5, 0.6) is 0 Å². The van der Waals surface area contributed by atoms with Crippen molar-refractivity contribution in [3.05, 3.63) is 23.9 Å². The molecule has 4 heteroatoms. The first-order chi connectivity index (χ1) is 7.74. The first-order valence-electron chi connectivity index (χ1n) is 5.68. The Morgan fingerprint density at radius 2 is 2.50 bits per heavy atom. The van der Waals surface area contributed by atoms with Crippen LogP contribution in [0, 0.1) is 12.8 Å². The van der Waals surface area contributed by atoms with Crippen LogP contribution in [-0.2, 0) is 4.79 Å². The van der Waals surface area contributed by atoms with Crippen LogP contribution in [0.3, 0.4) is 0 Å². The topological polar surface area (TPSA) is 54.0 Å². The van der Waals surface area contributed by atoms with Gasteiger partial charge in [0.25, 0.3) is 0 Å². The van der Waals surface area contributed by atoms with E-state index in [0.29, 0.717) is 18.2 Å². The van der Waals surface area contributed by atoms with Crippen LogP contribution in [-0.4, -0.2) is 24.0 Å². The van der Waals surface area contributed by atoms with Gasteiger partial charge in [-0.15, -0.1) is 0 Å². The van der Waals surface area contributed by atoms with Crippen molar-refractivity contribution in [2.24, 2.45) is 5.92 Å². The Labute approximate surface area is 95.5 Å². The minimum Gasteiger partial charge on any atom is -0.316 e. The molecule has 1 aliphatic heterocycles. The molecular formula is C12H17N3O. The molecule has 1 aromatic rings. The molecule has 0 saturated carbocycles. The van der Waals surface area contributed by atoms with Crippen molar-refractivity contribution in [1.29, 1.82) is 0 Å². The summed E-state index contributed by atoms with van der Waals surface area (Å²) in [5.41, 5.74) is 0.917. The highest BCUT2D eigenvalue weighted by molar-refractivity contribution is 5.89. The molecule has 0 bridgehead atoms. The molecule has 1 atom stereocenters. The average Bonchev–Trinajstić information content (AvgIpc) is 2.70. The highest BCUT2D eigenvalue weighted by Gasteiger charge is 2.18. The summed E-state index contributed by atoms with van der Waals surface area (Å²) in [6, 6.07) is 5.63. The predicted octanol–water partition coefficient (Wildman–Crippen LogP) is 1.33. The van der Waals surface area contributed by atoms with Gasteiger partial charge in [0, 0.05) is 12.1 Å². The SMILES string of the molecule is Cc1cccc(NC(=O)CC2CCNC2)n1. The lowest BCUT2D eigenvalue weighted by Gasteiger charge is -2.08. The number of amides is 1. The molecule has 0 spiro atoms. The third-order valence-electron chi connectivity index (χ3n) is 2.79. The van der Waals surface area contributed by atoms with E-state index < -0.39 is 0 Å². The fourth-order valence-corrected chi connectivity index (χ4v) is 1.96. The summed E-state index contributed by atoms with van der Waals surface area (Å²) in [4.78, 5) is 15.9. The summed E-state index contributed by atoms with van der Waals surface area (Å²) in [5, 5.41) is 6.09. The highest BCUT2D eigenvalue weighted by Crippen LogP contribution is 2.13. The van der Waals surface area contributed by atoms with Crippen LogP contribution < -0.4 is 10.6 Å². The van der Waals surface area contributed by atoms with Gasteiger partial charge in [-0.2, -0.15) is 0 Å². The molecule has 2 N–H and O–H groups in total. The van der Waals surface area contributed by atoms with E-state index in [1.807, 2.05) is 25.1 Å². The van der Waals surface area contributed by atoms with Crippen molar-refractivity contribution in [1.82, 2.24) is 10.3 Å². The number of nitrogens with zero attached hydrogens (tertiary/aromatic N) is 1. The molecule has 2 heterocycles. The van der Waals surface area contributed by atoms with Gasteiger partial charge in [0.2, 0.25) is 5.91 Å². The lowest BCUT2D eigenvalue weighted by Crippen LogP contribution is -2.18. The molecule has 1 saturated heterocycles. The molecule has 0 aromatic carbocycles. The number of hydrogen-bond donors (Lipinski definition) is 2. The van der Waals surface area contributed by atoms with Crippen molar-refractivity contribution in [3.63, 3.8) is 0 Å². The lowest BCUT2D eigenvalue weighted by molar-refractivity contribution is -0.117. The van der Waals surface area contributed by atoms with E-state index in [-0.39, 0.29) is 5.91 Å². The van der Waals surface area contributed by atoms with Gasteiger partial charge < -0.3 is 10.6 Å². The van der Waals surface area contributed by atoms with Gasteiger partial charge in [0.1, 0.15) is 5.82 Å². The van der Waals surface area contributed by atoms with Gasteiger partial charge in [-0.1, -0.05) is 6.07 Å². The fraction of sp³-hybridized carbons (Fsp3) is 0.500. The summed E-state index contributed by atoms with van der Waals surface area (Å²) in [7, 11) is 0. The van der Waals surface area contributed by atoms with Crippen molar-refractivity contribution in [3.8, 4) is 0 Å². The molecule has 16 heavy (non-hydrogen) atoms. The maximum Gasteiger partial charge on any atom is 0.225 e. The zero-order valence-electron chi connectivity index (χ0n) is 9.49. The van der Waals surface area contributed by atoms with Gasteiger partial charge in [-0.25, -0.2) is 4.98 Å². The Morgan fingerprint density at radius 1 is 1.62 bits per heavy atom. The third kappa shape index (κ3) is 3.03. The molecule has 1 unspecified atom stereocenters. The monoisotopic (exact) mass is 219 g/mol. The van der Waals surface area contributed by atoms with Crippen LogP contribution in [0.1, 0.15) is 18.5 Å². The minimum absolute atomic E-state index is 0.0619. The largest absolute Gasteiger partial charge is 0.316 e. The summed E-state index contributed by atoms with van der Waals surface area (Å²) in [5.74, 6) is 1.19. The van der Waals surface area contributed by atoms with E-state index in [1.54, 1.807) is 0 Å². The molecule has 0 aliphatic carbocycles. The van der Waals surface area contributed by atoms with Crippen molar-refractivity contribution in [2.75, 3.05) is 18.4 Å². The maximum absolute atomic E-state index is 11.7. The number of carbonyl (C=O) groups is 1. The van der Waals surface area contributed by atoms with E-state index in [4.69, 9.17) is 0 Å². The smallest absolute Gasteiger partial charge is 0.225 e. The first-order valence-corrected chi connectivity index (χ1v) is 5.68. The zero-order chi connectivity index (χ0) is 11.4. The fourth-order valence-electron chi connectivity index (χ4n) is 1.96. The molecule has 86 valence electrons. The Kier molecular flexibility index (Phi) is 3.51. The number of anilines is 1. The Morgan fingerprint density at radius 3 is 3.19 bits per heavy atom. The quantitative estimate of drug-likeness (QED) is 0.806. The Bertz CT molecular complexity index is 372. The second kappa shape index (κ2) is 5.07. The van der Waals surface area contributed by atoms with Crippen LogP contribution in [0.2, 0.25) is 0 Å². The van der Waals surface area contributed by atoms with Crippen molar-refractivity contribution < 1.29 is 4.79 Å². The number of aryl methyl sites for hydroxylation is 1. The number of hydrogen-bond acceptors (Lipinski definition) is 3. The van der Waals surface area contributed by atoms with Crippen LogP contribution in [0.4, 0.5) is 5.82 Å². The van der Waals surface area contributed by atoms with E-state index in [2.05, 4.69) is 15.6 Å². The standard InChI is InChI=1S/C12H17N3O/c1-9-3-2-4-11(14-9)15-12(16)7-10-5-6-13-8-10/h2-4,10,13H,5-8H2,1H3,(H,14,15,16). The molecule has 1 fully saturated rings. The van der Waals surface area contributed by atoms with Gasteiger partial charge in [0.05, 0.1) is 0 Å². The van der Waals surface area contributed by atoms with Crippen LogP contribution >= 0.6 is 0 Å². The molecule has 1 aromatic heterocycles. The number of rotatable bonds is 3. The predicted molar refractivity (Wildman–Crippen MR) is 63.2 cm³/mol. The van der Waals surface area contributed by atoms with Crippen LogP contribution in [0.15, 0.2) is 18.2 Å². The number of carbonyl (C=O) groups excluding carboxylic acids is 1. The van der Waals surface area contributed by atoms with E-state index in [9.17, 15) is 4.79 Å². The first kappa shape index (κ1) is 11.1. The molecule has 1 aliphatic rings. The summed E-state index contributed by atoms with van der Waals surface area (Å²) in [6.45, 7) is 3.89. The second-order valence-electron chi connectivity index (χ2n) is 4.28. The maximum atomic E-state index is 11.7. The Balaban J connectivity index is 1.86. The third-order valence-corrected chi connectivity index (χ3v) is 2.79. The Hall–Kier alpha value is -1.42. The average molecular weight is 219 g/mol. The van der Waals surface area contributed by atoms with Gasteiger partial charge in [-0.3, -0.25) is 4.79 Å². The highest BCUT2D eigenvalue weighted by atomic mass is 16.1. The van der Waals surface area contributed by atoms with E-state index in [0.717, 1.165) is 25.2 Å². The molecule has 2 rings (SSSR count). The normalized spacial score (nSPS) is 19.7. The zero-order valence-corrected chi connectivity index (χ0v) is 9.49. The second-order valence-corrected chi connectivity index (χ2v) is 4.28. The van der Waals surface area contributed by atoms with Gasteiger partial charge >= 0.3 is 0 Å². The molecule has 0 radical (unpaired) electrons. The van der Waals surface area contributed by atoms with Crippen molar-refractivity contribution in [2.45, 2.75) is 19.8 Å². The van der Waals surface area contributed by atoms with Crippen LogP contribution in [0.25, 0.3) is 0 Å². The summed E-state index contributed by atoms with van der Waals surface area (Å²) in [6.07, 6.45) is 1.68. The minimum atomic E-state index is 0.0619. The summed E-state index contributed by atoms with van der Waals surface area (Å²) >= 11 is 0. The van der Waals surface area contributed by atoms with E-state index in [1.165, 1.54) is 0 Å². The van der Waals surface area contributed by atoms with Crippen molar-refractivity contribution >= 4 is 11.7 Å². The molecule has 4 nitrogen and oxygen atoms in total. The molecule has 1 amide bonds. The lowest BCUT2D eigenvalue weighted by atomic mass is 10.0. The number of aromatic nitrogens is 1. The number of nitrogens with one attached hydrogen (secondary N) is 2. The van der Waals surface area contributed by atoms with E-state index >= 15 is 0 Å². The van der Waals surface area contributed by atoms with Gasteiger partial charge in [0.15, 0.2) is 0 Å². The molecular weight excluding hydrogens is 202 g/mol. The summed E-state index contributed by atoms with van der Waals surface area (Å²) < 4.78 is 0.